The molecule has 0 heterocycles. The number of aliphatic carboxylic acids is 1. The minimum Gasteiger partial charge on any atom is -0.481 e. The molecule has 1 amide bonds. The Bertz CT molecular complexity index is 353. The molecule has 76 valence electrons. The number of carboxylic acids is 1. The van der Waals surface area contributed by atoms with Crippen molar-refractivity contribution in [2.45, 2.75) is 25.7 Å². The lowest BCUT2D eigenvalue weighted by atomic mass is 9.79. The molecule has 4 nitrogen and oxygen atoms in total. The lowest BCUT2D eigenvalue weighted by molar-refractivity contribution is -0.149. The Morgan fingerprint density at radius 3 is 2.71 bits per heavy atom. The second-order valence-electron chi connectivity index (χ2n) is 5.04. The number of hydrogen-bond acceptors (Lipinski definition) is 2. The molecule has 0 radical (unpaired) electrons. The molecule has 0 saturated heterocycles. The van der Waals surface area contributed by atoms with Gasteiger partial charge in [0, 0.05) is 0 Å². The van der Waals surface area contributed by atoms with Crippen molar-refractivity contribution >= 4 is 11.9 Å². The van der Waals surface area contributed by atoms with Crippen molar-refractivity contribution in [3.8, 4) is 0 Å². The molecule has 3 N–H and O–H groups in total. The molecule has 3 rings (SSSR count). The summed E-state index contributed by atoms with van der Waals surface area (Å²) in [6, 6.07) is 0. The number of nitrogens with two attached hydrogens (primary N) is 1. The highest BCUT2D eigenvalue weighted by Gasteiger charge is 2.83. The Balaban J connectivity index is 2.03. The van der Waals surface area contributed by atoms with Gasteiger partial charge in [0.2, 0.25) is 5.91 Å². The molecule has 3 saturated carbocycles. The van der Waals surface area contributed by atoms with Gasteiger partial charge in [-0.25, -0.2) is 0 Å². The summed E-state index contributed by atoms with van der Waals surface area (Å²) >= 11 is 0. The number of hydrogen-bond donors (Lipinski definition) is 2. The van der Waals surface area contributed by atoms with E-state index < -0.39 is 22.7 Å². The van der Waals surface area contributed by atoms with Crippen LogP contribution in [0.5, 0.6) is 0 Å². The van der Waals surface area contributed by atoms with E-state index >= 15 is 0 Å². The highest BCUT2D eigenvalue weighted by Crippen LogP contribution is 2.80. The summed E-state index contributed by atoms with van der Waals surface area (Å²) in [6.07, 6.45) is 3.16. The van der Waals surface area contributed by atoms with Crippen LogP contribution in [0.15, 0.2) is 0 Å². The number of carbonyl (C=O) groups is 2. The van der Waals surface area contributed by atoms with Crippen molar-refractivity contribution in [1.82, 2.24) is 0 Å². The van der Waals surface area contributed by atoms with Gasteiger partial charge in [-0.05, 0) is 37.5 Å². The predicted molar refractivity (Wildman–Crippen MR) is 47.1 cm³/mol. The summed E-state index contributed by atoms with van der Waals surface area (Å²) < 4.78 is 0. The Kier molecular flexibility index (Phi) is 1.16. The van der Waals surface area contributed by atoms with Crippen LogP contribution in [0.25, 0.3) is 0 Å². The molecule has 3 aliphatic rings. The van der Waals surface area contributed by atoms with Gasteiger partial charge in [0.15, 0.2) is 0 Å². The topological polar surface area (TPSA) is 80.4 Å². The van der Waals surface area contributed by atoms with E-state index in [9.17, 15) is 14.7 Å². The molecule has 0 bridgehead atoms. The smallest absolute Gasteiger partial charge is 0.311 e. The summed E-state index contributed by atoms with van der Waals surface area (Å²) in [5.74, 6) is -0.406. The molecule has 0 aromatic rings. The quantitative estimate of drug-likeness (QED) is 0.667. The van der Waals surface area contributed by atoms with E-state index in [1.807, 2.05) is 0 Å². The fourth-order valence-electron chi connectivity index (χ4n) is 3.70. The largest absolute Gasteiger partial charge is 0.481 e. The Labute approximate surface area is 81.5 Å². The van der Waals surface area contributed by atoms with Crippen LogP contribution < -0.4 is 5.73 Å². The van der Waals surface area contributed by atoms with E-state index in [4.69, 9.17) is 5.73 Å². The van der Waals surface area contributed by atoms with Gasteiger partial charge in [0.05, 0.1) is 10.8 Å². The number of carboxylic acid groups (broad SMARTS) is 1. The van der Waals surface area contributed by atoms with Crippen molar-refractivity contribution in [2.24, 2.45) is 28.4 Å². The molecule has 14 heavy (non-hydrogen) atoms. The number of fused-ring (bicyclic) bond motifs is 3. The summed E-state index contributed by atoms with van der Waals surface area (Å²) in [4.78, 5) is 22.6. The lowest BCUT2D eigenvalue weighted by Gasteiger charge is -2.24. The fourth-order valence-corrected chi connectivity index (χ4v) is 3.70. The first-order chi connectivity index (χ1) is 6.54. The predicted octanol–water partition coefficient (Wildman–Crippen LogP) is 0.363. The van der Waals surface area contributed by atoms with E-state index in [1.165, 1.54) is 0 Å². The average molecular weight is 195 g/mol. The minimum absolute atomic E-state index is 0.237. The van der Waals surface area contributed by atoms with E-state index in [-0.39, 0.29) is 5.92 Å². The Morgan fingerprint density at radius 2 is 2.14 bits per heavy atom. The van der Waals surface area contributed by atoms with Crippen molar-refractivity contribution in [3.63, 3.8) is 0 Å². The summed E-state index contributed by atoms with van der Waals surface area (Å²) in [7, 11) is 0. The third-order valence-corrected chi connectivity index (χ3v) is 4.66. The summed E-state index contributed by atoms with van der Waals surface area (Å²) in [5, 5.41) is 9.24. The maximum Gasteiger partial charge on any atom is 0.311 e. The minimum atomic E-state index is -0.802. The maximum atomic E-state index is 11.4. The van der Waals surface area contributed by atoms with Gasteiger partial charge in [-0.1, -0.05) is 0 Å². The SMILES string of the molecule is NC(=O)C12CCC3CC3C1(C(=O)O)C2. The van der Waals surface area contributed by atoms with Crippen LogP contribution in [-0.2, 0) is 9.59 Å². The number of carbonyl (C=O) groups excluding carboxylic acids is 1. The molecule has 4 unspecified atom stereocenters. The first kappa shape index (κ1) is 8.26. The Hall–Kier alpha value is -1.06. The highest BCUT2D eigenvalue weighted by molar-refractivity contribution is 5.96. The van der Waals surface area contributed by atoms with Gasteiger partial charge < -0.3 is 10.8 Å². The number of primary amides is 1. The summed E-state index contributed by atoms with van der Waals surface area (Å²) in [5.41, 5.74) is 3.90. The Morgan fingerprint density at radius 1 is 1.43 bits per heavy atom. The fraction of sp³-hybridized carbons (Fsp3) is 0.800. The molecule has 4 atom stereocenters. The zero-order chi connectivity index (χ0) is 10.1. The second kappa shape index (κ2) is 1.97. The maximum absolute atomic E-state index is 11.4. The van der Waals surface area contributed by atoms with Gasteiger partial charge in [-0.3, -0.25) is 9.59 Å². The van der Waals surface area contributed by atoms with E-state index in [2.05, 4.69) is 0 Å². The average Bonchev–Trinajstić information content (AvgIpc) is 2.96. The van der Waals surface area contributed by atoms with Gasteiger partial charge in [0.25, 0.3) is 0 Å². The van der Waals surface area contributed by atoms with Gasteiger partial charge >= 0.3 is 5.97 Å². The first-order valence-electron chi connectivity index (χ1n) is 5.08. The molecule has 0 aromatic carbocycles. The second-order valence-corrected chi connectivity index (χ2v) is 5.04. The van der Waals surface area contributed by atoms with Crippen LogP contribution in [0.2, 0.25) is 0 Å². The molecular formula is C10H13NO3. The van der Waals surface area contributed by atoms with Gasteiger partial charge in [-0.15, -0.1) is 0 Å². The molecule has 0 aliphatic heterocycles. The molecule has 3 fully saturated rings. The van der Waals surface area contributed by atoms with Crippen molar-refractivity contribution in [3.05, 3.63) is 0 Å². The van der Waals surface area contributed by atoms with Crippen LogP contribution in [-0.4, -0.2) is 17.0 Å². The number of rotatable bonds is 2. The van der Waals surface area contributed by atoms with Crippen LogP contribution in [0.1, 0.15) is 25.7 Å². The molecule has 3 aliphatic carbocycles. The molecular weight excluding hydrogens is 182 g/mol. The third kappa shape index (κ3) is 0.615. The summed E-state index contributed by atoms with van der Waals surface area (Å²) in [6.45, 7) is 0. The van der Waals surface area contributed by atoms with Crippen molar-refractivity contribution < 1.29 is 14.7 Å². The van der Waals surface area contributed by atoms with E-state index in [0.717, 1.165) is 12.8 Å². The number of amides is 1. The van der Waals surface area contributed by atoms with Crippen LogP contribution in [0, 0.1) is 22.7 Å². The van der Waals surface area contributed by atoms with Crippen molar-refractivity contribution in [2.75, 3.05) is 0 Å². The van der Waals surface area contributed by atoms with Crippen LogP contribution >= 0.6 is 0 Å². The highest BCUT2D eigenvalue weighted by atomic mass is 16.4. The first-order valence-corrected chi connectivity index (χ1v) is 5.08. The standard InChI is InChI=1S/C10H13NO3/c11-7(12)9-2-1-5-3-6(5)10(9,4-9)8(13)14/h5-6H,1-4H2,(H2,11,12)(H,13,14). The van der Waals surface area contributed by atoms with Gasteiger partial charge in [0.1, 0.15) is 0 Å². The van der Waals surface area contributed by atoms with Crippen LogP contribution in [0.4, 0.5) is 0 Å². The van der Waals surface area contributed by atoms with E-state index in [0.29, 0.717) is 18.8 Å². The normalized spacial score (nSPS) is 52.9. The van der Waals surface area contributed by atoms with Crippen LogP contribution in [0.3, 0.4) is 0 Å². The lowest BCUT2D eigenvalue weighted by Crippen LogP contribution is -2.38. The third-order valence-electron chi connectivity index (χ3n) is 4.66. The van der Waals surface area contributed by atoms with Gasteiger partial charge in [-0.2, -0.15) is 0 Å². The van der Waals surface area contributed by atoms with Crippen molar-refractivity contribution in [1.29, 1.82) is 0 Å². The van der Waals surface area contributed by atoms with E-state index in [1.54, 1.807) is 0 Å². The zero-order valence-electron chi connectivity index (χ0n) is 7.82. The molecule has 0 aromatic heterocycles. The molecule has 4 heteroatoms. The zero-order valence-corrected chi connectivity index (χ0v) is 7.82. The monoisotopic (exact) mass is 195 g/mol. The molecule has 0 spiro atoms.